The summed E-state index contributed by atoms with van der Waals surface area (Å²) in [4.78, 5) is 39.0. The number of likely N-dealkylation sites (N-methyl/N-ethyl adjacent to an activating group) is 1. The summed E-state index contributed by atoms with van der Waals surface area (Å²) in [5, 5.41) is 2.96. The summed E-state index contributed by atoms with van der Waals surface area (Å²) in [6, 6.07) is 5.04. The molecule has 0 aromatic heterocycles. The predicted molar refractivity (Wildman–Crippen MR) is 113 cm³/mol. The molecular formula is C23H30N2O6. The standard InChI is InChI=1S/C23H30N2O6/c1-25-18-9-8-16(12-21(26)29-2)31-20(18)13-30-19-10-7-15(11-17(19)23(25)28)24-22(27)14-5-3-4-6-14/h7,10-11,14,16,18,20H,3-6,8-9,12-13H2,1-2H3,(H,24,27)/t16-,18+,20-/m0/s1. The number of carbonyl (C=O) groups excluding carboxylic acids is 3. The molecule has 8 nitrogen and oxygen atoms in total. The Balaban J connectivity index is 1.49. The molecule has 0 unspecified atom stereocenters. The van der Waals surface area contributed by atoms with Crippen molar-refractivity contribution in [2.24, 2.45) is 5.92 Å². The van der Waals surface area contributed by atoms with Gasteiger partial charge in [0.15, 0.2) is 0 Å². The Labute approximate surface area is 182 Å². The number of nitrogens with zero attached hydrogens (tertiary/aromatic N) is 1. The number of esters is 1. The van der Waals surface area contributed by atoms with Crippen LogP contribution < -0.4 is 10.1 Å². The Morgan fingerprint density at radius 1 is 1.19 bits per heavy atom. The summed E-state index contributed by atoms with van der Waals surface area (Å²) < 4.78 is 16.8. The van der Waals surface area contributed by atoms with E-state index in [1.807, 2.05) is 0 Å². The number of hydrogen-bond acceptors (Lipinski definition) is 6. The highest BCUT2D eigenvalue weighted by atomic mass is 16.5. The van der Waals surface area contributed by atoms with Gasteiger partial charge in [-0.05, 0) is 43.9 Å². The molecule has 1 aromatic rings. The molecule has 1 saturated carbocycles. The highest BCUT2D eigenvalue weighted by Crippen LogP contribution is 2.33. The number of hydrogen-bond donors (Lipinski definition) is 1. The maximum absolute atomic E-state index is 13.2. The van der Waals surface area contributed by atoms with E-state index in [9.17, 15) is 14.4 Å². The number of anilines is 1. The minimum Gasteiger partial charge on any atom is -0.490 e. The third-order valence-corrected chi connectivity index (χ3v) is 6.63. The van der Waals surface area contributed by atoms with E-state index >= 15 is 0 Å². The third-order valence-electron chi connectivity index (χ3n) is 6.63. The first-order chi connectivity index (χ1) is 15.0. The van der Waals surface area contributed by atoms with Crippen molar-refractivity contribution < 1.29 is 28.6 Å². The summed E-state index contributed by atoms with van der Waals surface area (Å²) in [7, 11) is 3.13. The number of benzene rings is 1. The Kier molecular flexibility index (Phi) is 6.46. The Hall–Kier alpha value is -2.61. The van der Waals surface area contributed by atoms with Gasteiger partial charge in [-0.15, -0.1) is 0 Å². The van der Waals surface area contributed by atoms with Crippen LogP contribution >= 0.6 is 0 Å². The molecule has 0 spiro atoms. The van der Waals surface area contributed by atoms with Gasteiger partial charge in [0.25, 0.3) is 5.91 Å². The largest absolute Gasteiger partial charge is 0.490 e. The fraction of sp³-hybridized carbons (Fsp3) is 0.609. The van der Waals surface area contributed by atoms with Crippen molar-refractivity contribution in [2.45, 2.75) is 63.2 Å². The number of ether oxygens (including phenoxy) is 3. The first-order valence-electron chi connectivity index (χ1n) is 11.0. The van der Waals surface area contributed by atoms with E-state index in [-0.39, 0.29) is 55.0 Å². The minimum atomic E-state index is -0.327. The van der Waals surface area contributed by atoms with Crippen LogP contribution in [0, 0.1) is 5.92 Å². The van der Waals surface area contributed by atoms with E-state index in [2.05, 4.69) is 5.32 Å². The number of rotatable bonds is 4. The topological polar surface area (TPSA) is 94.2 Å². The molecule has 3 atom stereocenters. The van der Waals surface area contributed by atoms with Crippen LogP contribution in [0.5, 0.6) is 5.75 Å². The van der Waals surface area contributed by atoms with Crippen molar-refractivity contribution in [2.75, 3.05) is 26.1 Å². The fourth-order valence-corrected chi connectivity index (χ4v) is 4.81. The molecule has 168 valence electrons. The lowest BCUT2D eigenvalue weighted by Crippen LogP contribution is -2.53. The lowest BCUT2D eigenvalue weighted by atomic mass is 9.94. The summed E-state index contributed by atoms with van der Waals surface area (Å²) >= 11 is 0. The van der Waals surface area contributed by atoms with E-state index < -0.39 is 0 Å². The van der Waals surface area contributed by atoms with Crippen molar-refractivity contribution in [1.82, 2.24) is 4.90 Å². The van der Waals surface area contributed by atoms with Gasteiger partial charge in [-0.2, -0.15) is 0 Å². The van der Waals surface area contributed by atoms with E-state index in [1.54, 1.807) is 30.1 Å². The van der Waals surface area contributed by atoms with Crippen LogP contribution in [0.25, 0.3) is 0 Å². The van der Waals surface area contributed by atoms with E-state index in [4.69, 9.17) is 14.2 Å². The molecule has 4 rings (SSSR count). The van der Waals surface area contributed by atoms with Crippen LogP contribution in [0.4, 0.5) is 5.69 Å². The van der Waals surface area contributed by atoms with E-state index in [1.165, 1.54) is 7.11 Å². The second kappa shape index (κ2) is 9.26. The molecule has 1 saturated heterocycles. The van der Waals surface area contributed by atoms with Crippen LogP contribution in [0.3, 0.4) is 0 Å². The summed E-state index contributed by atoms with van der Waals surface area (Å²) in [6.45, 7) is 0.279. The molecule has 2 amide bonds. The smallest absolute Gasteiger partial charge is 0.308 e. The van der Waals surface area contributed by atoms with Gasteiger partial charge in [-0.3, -0.25) is 14.4 Å². The van der Waals surface area contributed by atoms with E-state index in [0.717, 1.165) is 25.7 Å². The van der Waals surface area contributed by atoms with Gasteiger partial charge in [0.2, 0.25) is 5.91 Å². The Bertz CT molecular complexity index is 850. The Morgan fingerprint density at radius 3 is 2.71 bits per heavy atom. The molecule has 2 aliphatic heterocycles. The number of carbonyl (C=O) groups is 3. The highest BCUT2D eigenvalue weighted by molar-refractivity contribution is 6.00. The zero-order valence-electron chi connectivity index (χ0n) is 18.1. The monoisotopic (exact) mass is 430 g/mol. The second-order valence-corrected chi connectivity index (χ2v) is 8.63. The summed E-state index contributed by atoms with van der Waals surface area (Å²) in [5.41, 5.74) is 1.04. The van der Waals surface area contributed by atoms with Crippen LogP contribution in [0.15, 0.2) is 18.2 Å². The van der Waals surface area contributed by atoms with Gasteiger partial charge >= 0.3 is 5.97 Å². The quantitative estimate of drug-likeness (QED) is 0.739. The second-order valence-electron chi connectivity index (χ2n) is 8.63. The average Bonchev–Trinajstić information content (AvgIpc) is 3.32. The number of amides is 2. The van der Waals surface area contributed by atoms with Gasteiger partial charge in [0.05, 0.1) is 31.2 Å². The normalized spacial score (nSPS) is 26.2. The van der Waals surface area contributed by atoms with Crippen LogP contribution in [-0.2, 0) is 19.1 Å². The SMILES string of the molecule is COC(=O)C[C@@H]1CC[C@@H]2[C@H](COc3ccc(NC(=O)C4CCCC4)cc3C(=O)N2C)O1. The highest BCUT2D eigenvalue weighted by Gasteiger charge is 2.39. The summed E-state index contributed by atoms with van der Waals surface area (Å²) in [5.74, 6) is 0.0545. The van der Waals surface area contributed by atoms with Crippen molar-refractivity contribution >= 4 is 23.5 Å². The number of methoxy groups -OCH3 is 1. The molecule has 1 aromatic carbocycles. The molecule has 0 bridgehead atoms. The van der Waals surface area contributed by atoms with Crippen LogP contribution in [-0.4, -0.2) is 61.7 Å². The summed E-state index contributed by atoms with van der Waals surface area (Å²) in [6.07, 6.45) is 5.01. The molecule has 0 radical (unpaired) electrons. The first kappa shape index (κ1) is 21.6. The predicted octanol–water partition coefficient (Wildman–Crippen LogP) is 2.76. The van der Waals surface area contributed by atoms with Crippen molar-refractivity contribution in [3.05, 3.63) is 23.8 Å². The van der Waals surface area contributed by atoms with Gasteiger partial charge in [0.1, 0.15) is 18.5 Å². The van der Waals surface area contributed by atoms with Gasteiger partial charge in [0, 0.05) is 18.7 Å². The molecule has 1 N–H and O–H groups in total. The lowest BCUT2D eigenvalue weighted by molar-refractivity contribution is -0.151. The minimum absolute atomic E-state index is 0.0161. The zero-order chi connectivity index (χ0) is 22.0. The molecule has 2 heterocycles. The number of fused-ring (bicyclic) bond motifs is 2. The average molecular weight is 431 g/mol. The molecule has 2 fully saturated rings. The zero-order valence-corrected chi connectivity index (χ0v) is 18.1. The van der Waals surface area contributed by atoms with E-state index in [0.29, 0.717) is 29.8 Å². The maximum atomic E-state index is 13.2. The van der Waals surface area contributed by atoms with Crippen LogP contribution in [0.1, 0.15) is 55.3 Å². The first-order valence-corrected chi connectivity index (χ1v) is 11.0. The van der Waals surface area contributed by atoms with Crippen molar-refractivity contribution in [3.8, 4) is 5.75 Å². The fourth-order valence-electron chi connectivity index (χ4n) is 4.81. The van der Waals surface area contributed by atoms with Gasteiger partial charge in [-0.1, -0.05) is 12.8 Å². The van der Waals surface area contributed by atoms with Crippen molar-refractivity contribution in [3.63, 3.8) is 0 Å². The molecule has 8 heteroatoms. The molecule has 3 aliphatic rings. The lowest BCUT2D eigenvalue weighted by Gasteiger charge is -2.42. The van der Waals surface area contributed by atoms with Crippen LogP contribution in [0.2, 0.25) is 0 Å². The van der Waals surface area contributed by atoms with Gasteiger partial charge in [-0.25, -0.2) is 0 Å². The molecule has 1 aliphatic carbocycles. The van der Waals surface area contributed by atoms with Gasteiger partial charge < -0.3 is 24.4 Å². The van der Waals surface area contributed by atoms with Crippen molar-refractivity contribution in [1.29, 1.82) is 0 Å². The molecule has 31 heavy (non-hydrogen) atoms. The number of nitrogens with one attached hydrogen (secondary N) is 1. The Morgan fingerprint density at radius 2 is 1.97 bits per heavy atom. The molecular weight excluding hydrogens is 400 g/mol. The third kappa shape index (κ3) is 4.69. The maximum Gasteiger partial charge on any atom is 0.308 e.